The molecule has 2 fully saturated rings. The zero-order chi connectivity index (χ0) is 17.5. The molecular weight excluding hydrogens is 316 g/mol. The topological polar surface area (TPSA) is 58.6 Å². The molecule has 0 aliphatic carbocycles. The Balaban J connectivity index is 1.58. The smallest absolute Gasteiger partial charge is 0.245 e. The first-order chi connectivity index (χ1) is 12.2. The van der Waals surface area contributed by atoms with E-state index in [2.05, 4.69) is 5.32 Å². The van der Waals surface area contributed by atoms with Crippen LogP contribution in [0, 0.1) is 0 Å². The van der Waals surface area contributed by atoms with E-state index >= 15 is 0 Å². The molecule has 1 aromatic rings. The van der Waals surface area contributed by atoms with Crippen molar-refractivity contribution in [3.05, 3.63) is 35.9 Å². The molecule has 5 heteroatoms. The van der Waals surface area contributed by atoms with Crippen molar-refractivity contribution >= 4 is 11.8 Å². The van der Waals surface area contributed by atoms with Gasteiger partial charge in [0.1, 0.15) is 6.04 Å². The minimum Gasteiger partial charge on any atom is -0.378 e. The van der Waals surface area contributed by atoms with E-state index in [4.69, 9.17) is 4.74 Å². The Labute approximate surface area is 149 Å². The Morgan fingerprint density at radius 3 is 2.60 bits per heavy atom. The summed E-state index contributed by atoms with van der Waals surface area (Å²) in [6.45, 7) is 2.40. The molecule has 1 aromatic carbocycles. The summed E-state index contributed by atoms with van der Waals surface area (Å²) >= 11 is 0. The van der Waals surface area contributed by atoms with Crippen molar-refractivity contribution in [3.63, 3.8) is 0 Å². The van der Waals surface area contributed by atoms with Gasteiger partial charge in [0.2, 0.25) is 11.8 Å². The normalized spacial score (nSPS) is 21.3. The van der Waals surface area contributed by atoms with Crippen LogP contribution in [-0.4, -0.2) is 48.6 Å². The van der Waals surface area contributed by atoms with Crippen LogP contribution < -0.4 is 5.32 Å². The number of nitrogens with one attached hydrogen (secondary N) is 1. The number of ether oxygens (including phenoxy) is 1. The summed E-state index contributed by atoms with van der Waals surface area (Å²) in [5.41, 5.74) is 1.07. The van der Waals surface area contributed by atoms with Gasteiger partial charge < -0.3 is 15.0 Å². The lowest BCUT2D eigenvalue weighted by Crippen LogP contribution is -2.49. The van der Waals surface area contributed by atoms with Crippen LogP contribution in [0.2, 0.25) is 0 Å². The summed E-state index contributed by atoms with van der Waals surface area (Å²) in [6, 6.07) is 9.42. The molecule has 2 amide bonds. The number of nitrogens with zero attached hydrogens (tertiary/aromatic N) is 1. The van der Waals surface area contributed by atoms with Gasteiger partial charge >= 0.3 is 0 Å². The summed E-state index contributed by atoms with van der Waals surface area (Å²) in [6.07, 6.45) is 6.12. The van der Waals surface area contributed by atoms with Crippen molar-refractivity contribution in [2.45, 2.75) is 57.1 Å². The third kappa shape index (κ3) is 5.30. The van der Waals surface area contributed by atoms with Crippen LogP contribution in [0.4, 0.5) is 0 Å². The predicted octanol–water partition coefficient (Wildman–Crippen LogP) is 2.30. The van der Waals surface area contributed by atoms with E-state index in [1.54, 1.807) is 0 Å². The summed E-state index contributed by atoms with van der Waals surface area (Å²) in [5, 5.41) is 2.98. The van der Waals surface area contributed by atoms with Crippen LogP contribution in [0.1, 0.15) is 44.1 Å². The highest BCUT2D eigenvalue weighted by atomic mass is 16.5. The van der Waals surface area contributed by atoms with Crippen molar-refractivity contribution in [1.82, 2.24) is 10.2 Å². The van der Waals surface area contributed by atoms with Gasteiger partial charge in [0.15, 0.2) is 0 Å². The molecule has 0 unspecified atom stereocenters. The summed E-state index contributed by atoms with van der Waals surface area (Å²) in [4.78, 5) is 27.1. The molecule has 0 bridgehead atoms. The summed E-state index contributed by atoms with van der Waals surface area (Å²) < 4.78 is 5.58. The molecule has 2 aliphatic heterocycles. The van der Waals surface area contributed by atoms with Gasteiger partial charge in [0.05, 0.1) is 6.10 Å². The number of carbonyl (C=O) groups is 2. The van der Waals surface area contributed by atoms with Gasteiger partial charge in [-0.05, 0) is 37.7 Å². The Hall–Kier alpha value is -1.88. The maximum atomic E-state index is 12.8. The number of hydrogen-bond acceptors (Lipinski definition) is 3. The number of benzene rings is 1. The first-order valence-corrected chi connectivity index (χ1v) is 9.46. The fourth-order valence-electron chi connectivity index (χ4n) is 3.64. The molecule has 2 heterocycles. The van der Waals surface area contributed by atoms with E-state index in [0.29, 0.717) is 12.8 Å². The highest BCUT2D eigenvalue weighted by Crippen LogP contribution is 2.17. The number of likely N-dealkylation sites (tertiary alicyclic amines) is 1. The minimum absolute atomic E-state index is 0.0480. The van der Waals surface area contributed by atoms with Crippen molar-refractivity contribution in [3.8, 4) is 0 Å². The van der Waals surface area contributed by atoms with Gasteiger partial charge in [0.25, 0.3) is 0 Å². The number of rotatable bonds is 7. The molecule has 136 valence electrons. The number of hydrogen-bond donors (Lipinski definition) is 1. The monoisotopic (exact) mass is 344 g/mol. The van der Waals surface area contributed by atoms with E-state index < -0.39 is 6.04 Å². The van der Waals surface area contributed by atoms with Gasteiger partial charge in [-0.25, -0.2) is 0 Å². The lowest BCUT2D eigenvalue weighted by atomic mass is 10.0. The molecular formula is C20H28N2O3. The second kappa shape index (κ2) is 8.99. The lowest BCUT2D eigenvalue weighted by Gasteiger charge is -2.24. The SMILES string of the molecule is O=C(CC[C@H]1CCCO1)N[C@H](Cc1ccccc1)C(=O)N1CCCC1. The third-order valence-corrected chi connectivity index (χ3v) is 5.05. The quantitative estimate of drug-likeness (QED) is 0.826. The molecule has 25 heavy (non-hydrogen) atoms. The molecule has 2 atom stereocenters. The van der Waals surface area contributed by atoms with Crippen LogP contribution in [0.3, 0.4) is 0 Å². The molecule has 1 N–H and O–H groups in total. The molecule has 0 aromatic heterocycles. The van der Waals surface area contributed by atoms with Crippen LogP contribution in [0.25, 0.3) is 0 Å². The number of carbonyl (C=O) groups excluding carboxylic acids is 2. The molecule has 0 saturated carbocycles. The maximum absolute atomic E-state index is 12.8. The second-order valence-corrected chi connectivity index (χ2v) is 7.02. The molecule has 0 radical (unpaired) electrons. The van der Waals surface area contributed by atoms with Gasteiger partial charge in [-0.2, -0.15) is 0 Å². The van der Waals surface area contributed by atoms with Crippen LogP contribution in [0.5, 0.6) is 0 Å². The van der Waals surface area contributed by atoms with Crippen LogP contribution >= 0.6 is 0 Å². The summed E-state index contributed by atoms with van der Waals surface area (Å²) in [5.74, 6) is -0.00389. The maximum Gasteiger partial charge on any atom is 0.245 e. The van der Waals surface area contributed by atoms with Crippen molar-refractivity contribution in [2.24, 2.45) is 0 Å². The molecule has 0 spiro atoms. The Morgan fingerprint density at radius 2 is 1.92 bits per heavy atom. The van der Waals surface area contributed by atoms with Gasteiger partial charge in [-0.3, -0.25) is 9.59 Å². The van der Waals surface area contributed by atoms with Crippen molar-refractivity contribution < 1.29 is 14.3 Å². The van der Waals surface area contributed by atoms with Crippen LogP contribution in [0.15, 0.2) is 30.3 Å². The average molecular weight is 344 g/mol. The van der Waals surface area contributed by atoms with Crippen molar-refractivity contribution in [1.29, 1.82) is 0 Å². The fourth-order valence-corrected chi connectivity index (χ4v) is 3.64. The van der Waals surface area contributed by atoms with Gasteiger partial charge in [-0.1, -0.05) is 30.3 Å². The third-order valence-electron chi connectivity index (χ3n) is 5.05. The first kappa shape index (κ1) is 17.9. The highest BCUT2D eigenvalue weighted by Gasteiger charge is 2.28. The Kier molecular flexibility index (Phi) is 6.45. The Bertz CT molecular complexity index is 564. The van der Waals surface area contributed by atoms with E-state index in [9.17, 15) is 9.59 Å². The second-order valence-electron chi connectivity index (χ2n) is 7.02. The zero-order valence-electron chi connectivity index (χ0n) is 14.8. The van der Waals surface area contributed by atoms with Gasteiger partial charge in [0, 0.05) is 32.5 Å². The number of amides is 2. The predicted molar refractivity (Wildman–Crippen MR) is 96.1 cm³/mol. The van der Waals surface area contributed by atoms with Gasteiger partial charge in [-0.15, -0.1) is 0 Å². The van der Waals surface area contributed by atoms with E-state index in [0.717, 1.165) is 57.4 Å². The minimum atomic E-state index is -0.475. The van der Waals surface area contributed by atoms with E-state index in [-0.39, 0.29) is 17.9 Å². The summed E-state index contributed by atoms with van der Waals surface area (Å²) in [7, 11) is 0. The van der Waals surface area contributed by atoms with E-state index in [1.165, 1.54) is 0 Å². The van der Waals surface area contributed by atoms with Crippen LogP contribution in [-0.2, 0) is 20.7 Å². The first-order valence-electron chi connectivity index (χ1n) is 9.46. The zero-order valence-corrected chi connectivity index (χ0v) is 14.8. The Morgan fingerprint density at radius 1 is 1.16 bits per heavy atom. The fraction of sp³-hybridized carbons (Fsp3) is 0.600. The average Bonchev–Trinajstić information content (AvgIpc) is 3.33. The largest absolute Gasteiger partial charge is 0.378 e. The molecule has 2 saturated heterocycles. The molecule has 2 aliphatic rings. The molecule has 3 rings (SSSR count). The van der Waals surface area contributed by atoms with Crippen molar-refractivity contribution in [2.75, 3.05) is 19.7 Å². The highest BCUT2D eigenvalue weighted by molar-refractivity contribution is 5.88. The lowest BCUT2D eigenvalue weighted by molar-refractivity contribution is -0.135. The van der Waals surface area contributed by atoms with E-state index in [1.807, 2.05) is 35.2 Å². The standard InChI is InChI=1S/C20H28N2O3/c23-19(11-10-17-9-6-14-25-17)21-18(15-16-7-2-1-3-8-16)20(24)22-12-4-5-13-22/h1-3,7-8,17-18H,4-6,9-15H2,(H,21,23)/t17-,18-/m1/s1. The molecule has 5 nitrogen and oxygen atoms in total.